The van der Waals surface area contributed by atoms with Crippen LogP contribution in [0.2, 0.25) is 5.02 Å². The highest BCUT2D eigenvalue weighted by Crippen LogP contribution is 2.20. The van der Waals surface area contributed by atoms with Gasteiger partial charge in [0.15, 0.2) is 5.82 Å². The summed E-state index contributed by atoms with van der Waals surface area (Å²) in [5, 5.41) is 17.7. The van der Waals surface area contributed by atoms with E-state index in [1.54, 1.807) is 0 Å². The molecular weight excluding hydrogens is 288 g/mol. The maximum atomic E-state index is 11.6. The number of carboxylic acid groups (broad SMARTS) is 1. The summed E-state index contributed by atoms with van der Waals surface area (Å²) in [6.45, 7) is 0.0539. The zero-order chi connectivity index (χ0) is 14.5. The number of anilines is 1. The Morgan fingerprint density at radius 1 is 1.40 bits per heavy atom. The lowest BCUT2D eigenvalue weighted by Crippen LogP contribution is -2.29. The van der Waals surface area contributed by atoms with Crippen molar-refractivity contribution in [3.8, 4) is 0 Å². The lowest BCUT2D eigenvalue weighted by atomic mass is 10.2. The lowest BCUT2D eigenvalue weighted by molar-refractivity contribution is 0.0698. The van der Waals surface area contributed by atoms with Crippen molar-refractivity contribution in [1.29, 1.82) is 0 Å². The summed E-state index contributed by atoms with van der Waals surface area (Å²) in [5.74, 6) is -0.893. The second kappa shape index (κ2) is 6.02. The van der Waals surface area contributed by atoms with Gasteiger partial charge in [0.2, 0.25) is 6.39 Å². The predicted octanol–water partition coefficient (Wildman–Crippen LogP) is 1.74. The molecule has 3 N–H and O–H groups in total. The van der Waals surface area contributed by atoms with Crippen molar-refractivity contribution in [2.24, 2.45) is 0 Å². The average Bonchev–Trinajstić information content (AvgIpc) is 2.91. The van der Waals surface area contributed by atoms with Crippen molar-refractivity contribution in [3.63, 3.8) is 0 Å². The fourth-order valence-corrected chi connectivity index (χ4v) is 1.57. The van der Waals surface area contributed by atoms with E-state index < -0.39 is 12.0 Å². The third-order valence-electron chi connectivity index (χ3n) is 2.27. The van der Waals surface area contributed by atoms with E-state index in [-0.39, 0.29) is 22.8 Å². The third kappa shape index (κ3) is 3.45. The first-order chi connectivity index (χ1) is 9.56. The van der Waals surface area contributed by atoms with E-state index in [2.05, 4.69) is 25.3 Å². The van der Waals surface area contributed by atoms with Crippen LogP contribution in [0, 0.1) is 0 Å². The number of carbonyl (C=O) groups is 2. The summed E-state index contributed by atoms with van der Waals surface area (Å²) in [4.78, 5) is 26.4. The van der Waals surface area contributed by atoms with Crippen LogP contribution in [0.3, 0.4) is 0 Å². The third-order valence-corrected chi connectivity index (χ3v) is 2.51. The van der Waals surface area contributed by atoms with E-state index in [0.29, 0.717) is 5.82 Å². The Labute approximate surface area is 117 Å². The van der Waals surface area contributed by atoms with Crippen LogP contribution in [0.15, 0.2) is 29.1 Å². The minimum atomic E-state index is -1.19. The highest BCUT2D eigenvalue weighted by atomic mass is 35.5. The number of aromatic nitrogens is 2. The number of carboxylic acids is 1. The molecule has 2 aromatic rings. The normalized spacial score (nSPS) is 10.1. The molecule has 9 heteroatoms. The van der Waals surface area contributed by atoms with Gasteiger partial charge in [-0.15, -0.1) is 0 Å². The molecule has 0 aliphatic rings. The van der Waals surface area contributed by atoms with E-state index in [0.717, 1.165) is 6.39 Å². The molecule has 0 unspecified atom stereocenters. The first-order valence-electron chi connectivity index (χ1n) is 5.39. The number of hydrogen-bond acceptors (Lipinski definition) is 5. The number of benzene rings is 1. The van der Waals surface area contributed by atoms with Crippen LogP contribution < -0.4 is 10.6 Å². The first-order valence-corrected chi connectivity index (χ1v) is 5.77. The molecule has 0 aliphatic carbocycles. The second-order valence-corrected chi connectivity index (χ2v) is 4.09. The summed E-state index contributed by atoms with van der Waals surface area (Å²) in [5.41, 5.74) is 0.0275. The summed E-state index contributed by atoms with van der Waals surface area (Å²) in [7, 11) is 0. The van der Waals surface area contributed by atoms with Gasteiger partial charge in [0, 0.05) is 5.02 Å². The number of hydrogen-bond donors (Lipinski definition) is 3. The van der Waals surface area contributed by atoms with Crippen LogP contribution >= 0.6 is 11.6 Å². The Hall–Kier alpha value is -2.61. The molecule has 0 aliphatic heterocycles. The minimum Gasteiger partial charge on any atom is -0.478 e. The van der Waals surface area contributed by atoms with Gasteiger partial charge < -0.3 is 20.3 Å². The van der Waals surface area contributed by atoms with Gasteiger partial charge in [0.05, 0.1) is 17.8 Å². The quantitative estimate of drug-likeness (QED) is 0.791. The topological polar surface area (TPSA) is 117 Å². The lowest BCUT2D eigenvalue weighted by Gasteiger charge is -2.09. The number of amides is 2. The molecule has 8 nitrogen and oxygen atoms in total. The van der Waals surface area contributed by atoms with E-state index in [1.165, 1.54) is 18.2 Å². The Morgan fingerprint density at radius 2 is 2.20 bits per heavy atom. The molecule has 0 saturated carbocycles. The maximum absolute atomic E-state index is 11.6. The van der Waals surface area contributed by atoms with Gasteiger partial charge in [0.1, 0.15) is 0 Å². The standard InChI is InChI=1S/C11H9ClN4O4/c12-6-1-2-8(7(3-6)10(17)18)15-11(19)13-4-9-14-5-20-16-9/h1-3,5H,4H2,(H,17,18)(H2,13,15,19). The number of nitrogens with one attached hydrogen (secondary N) is 2. The van der Waals surface area contributed by atoms with Gasteiger partial charge >= 0.3 is 12.0 Å². The zero-order valence-corrected chi connectivity index (χ0v) is 10.7. The summed E-state index contributed by atoms with van der Waals surface area (Å²) >= 11 is 5.71. The molecule has 0 radical (unpaired) electrons. The van der Waals surface area contributed by atoms with Crippen molar-refractivity contribution in [2.45, 2.75) is 6.54 Å². The first kappa shape index (κ1) is 13.8. The van der Waals surface area contributed by atoms with Gasteiger partial charge in [-0.2, -0.15) is 4.98 Å². The molecule has 20 heavy (non-hydrogen) atoms. The van der Waals surface area contributed by atoms with Crippen LogP contribution in [-0.2, 0) is 6.54 Å². The molecule has 1 heterocycles. The molecule has 0 spiro atoms. The fourth-order valence-electron chi connectivity index (χ4n) is 1.40. The maximum Gasteiger partial charge on any atom is 0.337 e. The molecular formula is C11H9ClN4O4. The number of rotatable bonds is 4. The number of nitrogens with zero attached hydrogens (tertiary/aromatic N) is 2. The number of urea groups is 1. The van der Waals surface area contributed by atoms with Crippen molar-refractivity contribution in [3.05, 3.63) is 41.0 Å². The van der Waals surface area contributed by atoms with Gasteiger partial charge in [-0.25, -0.2) is 9.59 Å². The van der Waals surface area contributed by atoms with Crippen molar-refractivity contribution >= 4 is 29.3 Å². The molecule has 0 saturated heterocycles. The van der Waals surface area contributed by atoms with Crippen LogP contribution in [0.25, 0.3) is 0 Å². The van der Waals surface area contributed by atoms with Gasteiger partial charge in [-0.3, -0.25) is 0 Å². The number of aromatic carboxylic acids is 1. The van der Waals surface area contributed by atoms with E-state index in [1.807, 2.05) is 0 Å². The molecule has 0 fully saturated rings. The molecule has 104 valence electrons. The molecule has 1 aromatic heterocycles. The van der Waals surface area contributed by atoms with Gasteiger partial charge in [-0.1, -0.05) is 16.8 Å². The van der Waals surface area contributed by atoms with Crippen molar-refractivity contribution < 1.29 is 19.2 Å². The summed E-state index contributed by atoms with van der Waals surface area (Å²) < 4.78 is 4.50. The van der Waals surface area contributed by atoms with E-state index in [9.17, 15) is 9.59 Å². The Bertz CT molecular complexity index is 629. The van der Waals surface area contributed by atoms with Gasteiger partial charge in [0.25, 0.3) is 0 Å². The van der Waals surface area contributed by atoms with Crippen LogP contribution in [-0.4, -0.2) is 27.2 Å². The average molecular weight is 297 g/mol. The molecule has 0 bridgehead atoms. The Kier molecular flexibility index (Phi) is 4.16. The number of halogens is 1. The zero-order valence-electron chi connectivity index (χ0n) is 9.96. The molecule has 1 aromatic carbocycles. The van der Waals surface area contributed by atoms with Crippen molar-refractivity contribution in [1.82, 2.24) is 15.5 Å². The smallest absolute Gasteiger partial charge is 0.337 e. The number of carbonyl (C=O) groups excluding carboxylic acids is 1. The van der Waals surface area contributed by atoms with E-state index in [4.69, 9.17) is 16.7 Å². The second-order valence-electron chi connectivity index (χ2n) is 3.65. The Balaban J connectivity index is 2.02. The van der Waals surface area contributed by atoms with Crippen LogP contribution in [0.4, 0.5) is 10.5 Å². The van der Waals surface area contributed by atoms with Crippen LogP contribution in [0.5, 0.6) is 0 Å². The summed E-state index contributed by atoms with van der Waals surface area (Å²) in [6, 6.07) is 3.53. The fraction of sp³-hybridized carbons (Fsp3) is 0.0909. The highest BCUT2D eigenvalue weighted by molar-refractivity contribution is 6.31. The SMILES string of the molecule is O=C(NCc1ncon1)Nc1ccc(Cl)cc1C(=O)O. The predicted molar refractivity (Wildman–Crippen MR) is 68.6 cm³/mol. The largest absolute Gasteiger partial charge is 0.478 e. The minimum absolute atomic E-state index is 0.0539. The van der Waals surface area contributed by atoms with E-state index >= 15 is 0 Å². The molecule has 2 amide bonds. The Morgan fingerprint density at radius 3 is 2.85 bits per heavy atom. The monoisotopic (exact) mass is 296 g/mol. The molecule has 0 atom stereocenters. The summed E-state index contributed by atoms with van der Waals surface area (Å²) in [6.07, 6.45) is 1.14. The van der Waals surface area contributed by atoms with Gasteiger partial charge in [-0.05, 0) is 18.2 Å². The highest BCUT2D eigenvalue weighted by Gasteiger charge is 2.13. The van der Waals surface area contributed by atoms with Crippen molar-refractivity contribution in [2.75, 3.05) is 5.32 Å². The van der Waals surface area contributed by atoms with Crippen LogP contribution in [0.1, 0.15) is 16.2 Å². The molecule has 2 rings (SSSR count).